The first kappa shape index (κ1) is 21.2. The maximum atomic E-state index is 12.4. The number of pyridine rings is 1. The standard InChI is InChI=1S/C20H21N5O4S/c1-14(2)13-29-18-9-4-15(12-23-18)19(26)24-16-5-7-17(8-6-16)30(27,28)25-20-21-10-3-11-22-20/h3-12,14H,13H2,1-2H3,(H,24,26)(H,21,22,25). The molecule has 0 atom stereocenters. The molecule has 2 N–H and O–H groups in total. The minimum atomic E-state index is -3.84. The Balaban J connectivity index is 1.63. The van der Waals surface area contributed by atoms with Crippen molar-refractivity contribution in [2.45, 2.75) is 18.7 Å². The first-order valence-corrected chi connectivity index (χ1v) is 10.6. The molecule has 0 aliphatic carbocycles. The van der Waals surface area contributed by atoms with E-state index in [1.807, 2.05) is 13.8 Å². The number of ether oxygens (including phenoxy) is 1. The number of hydrogen-bond donors (Lipinski definition) is 2. The monoisotopic (exact) mass is 427 g/mol. The van der Waals surface area contributed by atoms with Crippen molar-refractivity contribution in [2.24, 2.45) is 5.92 Å². The summed E-state index contributed by atoms with van der Waals surface area (Å²) < 4.78 is 32.5. The molecule has 0 unspecified atom stereocenters. The maximum absolute atomic E-state index is 12.4. The molecule has 1 amide bonds. The van der Waals surface area contributed by atoms with E-state index in [0.717, 1.165) is 0 Å². The van der Waals surface area contributed by atoms with Crippen LogP contribution in [0.1, 0.15) is 24.2 Å². The van der Waals surface area contributed by atoms with Crippen LogP contribution in [0.15, 0.2) is 66.0 Å². The molecular weight excluding hydrogens is 406 g/mol. The van der Waals surface area contributed by atoms with E-state index in [0.29, 0.717) is 29.7 Å². The smallest absolute Gasteiger partial charge is 0.264 e. The molecule has 0 bridgehead atoms. The zero-order valence-corrected chi connectivity index (χ0v) is 17.3. The van der Waals surface area contributed by atoms with E-state index in [4.69, 9.17) is 4.74 Å². The second-order valence-corrected chi connectivity index (χ2v) is 8.43. The lowest BCUT2D eigenvalue weighted by Gasteiger charge is -2.09. The average molecular weight is 427 g/mol. The highest BCUT2D eigenvalue weighted by Crippen LogP contribution is 2.17. The predicted octanol–water partition coefficient (Wildman–Crippen LogP) is 2.96. The first-order valence-electron chi connectivity index (χ1n) is 9.13. The number of anilines is 2. The number of rotatable bonds is 8. The molecule has 30 heavy (non-hydrogen) atoms. The Morgan fingerprint density at radius 2 is 1.73 bits per heavy atom. The van der Waals surface area contributed by atoms with Gasteiger partial charge in [0.2, 0.25) is 11.8 Å². The Hall–Kier alpha value is -3.53. The van der Waals surface area contributed by atoms with Crippen molar-refractivity contribution in [3.8, 4) is 5.88 Å². The third-order valence-electron chi connectivity index (χ3n) is 3.78. The number of aromatic nitrogens is 3. The highest BCUT2D eigenvalue weighted by molar-refractivity contribution is 7.92. The summed E-state index contributed by atoms with van der Waals surface area (Å²) in [6.45, 7) is 4.60. The predicted molar refractivity (Wildman–Crippen MR) is 112 cm³/mol. The van der Waals surface area contributed by atoms with E-state index >= 15 is 0 Å². The number of hydrogen-bond acceptors (Lipinski definition) is 7. The van der Waals surface area contributed by atoms with Crippen LogP contribution in [0.4, 0.5) is 11.6 Å². The second kappa shape index (κ2) is 9.31. The van der Waals surface area contributed by atoms with Crippen LogP contribution in [0.3, 0.4) is 0 Å². The van der Waals surface area contributed by atoms with Gasteiger partial charge in [-0.25, -0.2) is 28.1 Å². The Kier molecular flexibility index (Phi) is 6.58. The quantitative estimate of drug-likeness (QED) is 0.566. The number of sulfonamides is 1. The summed E-state index contributed by atoms with van der Waals surface area (Å²) >= 11 is 0. The van der Waals surface area contributed by atoms with Gasteiger partial charge in [-0.15, -0.1) is 0 Å². The molecule has 3 aromatic rings. The van der Waals surface area contributed by atoms with Crippen LogP contribution in [-0.2, 0) is 10.0 Å². The normalized spacial score (nSPS) is 11.2. The summed E-state index contributed by atoms with van der Waals surface area (Å²) in [4.78, 5) is 24.2. The van der Waals surface area contributed by atoms with Crippen molar-refractivity contribution >= 4 is 27.6 Å². The van der Waals surface area contributed by atoms with Crippen LogP contribution in [-0.4, -0.2) is 35.9 Å². The van der Waals surface area contributed by atoms with Gasteiger partial charge in [0.25, 0.3) is 15.9 Å². The van der Waals surface area contributed by atoms with Gasteiger partial charge in [-0.3, -0.25) is 4.79 Å². The number of amides is 1. The summed E-state index contributed by atoms with van der Waals surface area (Å²) in [6, 6.07) is 10.6. The minimum absolute atomic E-state index is 0.0151. The van der Waals surface area contributed by atoms with Gasteiger partial charge in [0, 0.05) is 30.3 Å². The number of nitrogens with zero attached hydrogens (tertiary/aromatic N) is 3. The highest BCUT2D eigenvalue weighted by atomic mass is 32.2. The molecule has 10 heteroatoms. The zero-order valence-electron chi connectivity index (χ0n) is 16.4. The zero-order chi connectivity index (χ0) is 21.6. The fraction of sp³-hybridized carbons (Fsp3) is 0.200. The fourth-order valence-electron chi connectivity index (χ4n) is 2.30. The maximum Gasteiger partial charge on any atom is 0.264 e. The molecule has 3 rings (SSSR count). The Bertz CT molecular complexity index is 1090. The Morgan fingerprint density at radius 3 is 2.33 bits per heavy atom. The molecule has 2 heterocycles. The molecule has 0 fully saturated rings. The third kappa shape index (κ3) is 5.74. The van der Waals surface area contributed by atoms with Gasteiger partial charge < -0.3 is 10.1 Å². The van der Waals surface area contributed by atoms with Gasteiger partial charge in [0.05, 0.1) is 17.1 Å². The molecular formula is C20H21N5O4S. The molecule has 2 aromatic heterocycles. The van der Waals surface area contributed by atoms with Gasteiger partial charge in [0.15, 0.2) is 0 Å². The van der Waals surface area contributed by atoms with Gasteiger partial charge in [0.1, 0.15) is 0 Å². The van der Waals surface area contributed by atoms with Gasteiger partial charge >= 0.3 is 0 Å². The number of benzene rings is 1. The molecule has 1 aromatic carbocycles. The molecule has 0 aliphatic rings. The summed E-state index contributed by atoms with van der Waals surface area (Å²) in [7, 11) is -3.84. The van der Waals surface area contributed by atoms with E-state index in [-0.39, 0.29) is 16.8 Å². The van der Waals surface area contributed by atoms with Crippen molar-refractivity contribution < 1.29 is 17.9 Å². The lowest BCUT2D eigenvalue weighted by Crippen LogP contribution is -2.15. The van der Waals surface area contributed by atoms with Crippen molar-refractivity contribution in [1.29, 1.82) is 0 Å². The number of carbonyl (C=O) groups is 1. The van der Waals surface area contributed by atoms with Crippen LogP contribution in [0, 0.1) is 5.92 Å². The van der Waals surface area contributed by atoms with Gasteiger partial charge in [-0.1, -0.05) is 13.8 Å². The molecule has 0 aliphatic heterocycles. The van der Waals surface area contributed by atoms with E-state index in [2.05, 4.69) is 25.0 Å². The van der Waals surface area contributed by atoms with E-state index in [1.54, 1.807) is 18.2 Å². The lowest BCUT2D eigenvalue weighted by molar-refractivity contribution is 0.102. The van der Waals surface area contributed by atoms with Crippen molar-refractivity contribution in [1.82, 2.24) is 15.0 Å². The summed E-state index contributed by atoms with van der Waals surface area (Å²) in [5, 5.41) is 2.70. The van der Waals surface area contributed by atoms with Gasteiger partial charge in [-0.2, -0.15) is 0 Å². The molecule has 9 nitrogen and oxygen atoms in total. The minimum Gasteiger partial charge on any atom is -0.477 e. The van der Waals surface area contributed by atoms with Crippen LogP contribution in [0.5, 0.6) is 5.88 Å². The first-order chi connectivity index (χ1) is 14.3. The summed E-state index contributed by atoms with van der Waals surface area (Å²) in [5.74, 6) is 0.425. The van der Waals surface area contributed by atoms with Crippen LogP contribution in [0.2, 0.25) is 0 Å². The molecule has 156 valence electrons. The van der Waals surface area contributed by atoms with Gasteiger partial charge in [-0.05, 0) is 42.3 Å². The molecule has 0 saturated heterocycles. The lowest BCUT2D eigenvalue weighted by atomic mass is 10.2. The van der Waals surface area contributed by atoms with Crippen molar-refractivity contribution in [3.05, 3.63) is 66.6 Å². The largest absolute Gasteiger partial charge is 0.477 e. The summed E-state index contributed by atoms with van der Waals surface area (Å²) in [5.41, 5.74) is 0.793. The SMILES string of the molecule is CC(C)COc1ccc(C(=O)Nc2ccc(S(=O)(=O)Nc3ncccn3)cc2)cn1. The number of carbonyl (C=O) groups excluding carboxylic acids is 1. The second-order valence-electron chi connectivity index (χ2n) is 6.75. The van der Waals surface area contributed by atoms with E-state index in [1.165, 1.54) is 42.9 Å². The van der Waals surface area contributed by atoms with Crippen LogP contribution < -0.4 is 14.8 Å². The van der Waals surface area contributed by atoms with E-state index < -0.39 is 10.0 Å². The van der Waals surface area contributed by atoms with Crippen LogP contribution in [0.25, 0.3) is 0 Å². The fourth-order valence-corrected chi connectivity index (χ4v) is 3.26. The highest BCUT2D eigenvalue weighted by Gasteiger charge is 2.16. The topological polar surface area (TPSA) is 123 Å². The molecule has 0 saturated carbocycles. The molecule has 0 radical (unpaired) electrons. The van der Waals surface area contributed by atoms with E-state index in [9.17, 15) is 13.2 Å². The molecule has 0 spiro atoms. The Morgan fingerprint density at radius 1 is 1.03 bits per heavy atom. The average Bonchev–Trinajstić information content (AvgIpc) is 2.73. The van der Waals surface area contributed by atoms with Crippen LogP contribution >= 0.6 is 0 Å². The third-order valence-corrected chi connectivity index (χ3v) is 5.12. The van der Waals surface area contributed by atoms with Crippen molar-refractivity contribution in [3.63, 3.8) is 0 Å². The Labute approximate surface area is 174 Å². The van der Waals surface area contributed by atoms with Crippen molar-refractivity contribution in [2.75, 3.05) is 16.6 Å². The summed E-state index contributed by atoms with van der Waals surface area (Å²) in [6.07, 6.45) is 4.29. The number of nitrogens with one attached hydrogen (secondary N) is 2.